The quantitative estimate of drug-likeness (QED) is 0.800. The van der Waals surface area contributed by atoms with Crippen molar-refractivity contribution < 1.29 is 9.53 Å². The zero-order valence-corrected chi connectivity index (χ0v) is 10.5. The molecule has 0 bridgehead atoms. The maximum Gasteiger partial charge on any atom is 0.154 e. The van der Waals surface area contributed by atoms with Gasteiger partial charge in [-0.3, -0.25) is 9.69 Å². The van der Waals surface area contributed by atoms with Gasteiger partial charge in [0.1, 0.15) is 5.75 Å². The molecule has 1 aromatic rings. The Labute approximate surface area is 102 Å². The molecule has 0 N–H and O–H groups in total. The lowest BCUT2D eigenvalue weighted by Gasteiger charge is -2.28. The van der Waals surface area contributed by atoms with Crippen molar-refractivity contribution in [2.75, 3.05) is 26.7 Å². The summed E-state index contributed by atoms with van der Waals surface area (Å²) in [6.07, 6.45) is 0.920. The first-order chi connectivity index (χ1) is 8.20. The number of hydrogen-bond donors (Lipinski definition) is 0. The maximum absolute atomic E-state index is 11.9. The van der Waals surface area contributed by atoms with Gasteiger partial charge in [-0.15, -0.1) is 0 Å². The number of hydrogen-bond acceptors (Lipinski definition) is 3. The number of likely N-dealkylation sites (N-methyl/N-ethyl adjacent to an activating group) is 1. The number of Topliss-reactive ketones (excluding diaryl/α,β-unsaturated/α-hetero) is 1. The van der Waals surface area contributed by atoms with Crippen molar-refractivity contribution in [1.82, 2.24) is 4.90 Å². The smallest absolute Gasteiger partial charge is 0.154 e. The normalized spacial score (nSPS) is 21.5. The Morgan fingerprint density at radius 1 is 1.35 bits per heavy atom. The number of benzene rings is 1. The van der Waals surface area contributed by atoms with Crippen molar-refractivity contribution in [3.63, 3.8) is 0 Å². The van der Waals surface area contributed by atoms with Crippen LogP contribution >= 0.6 is 0 Å². The van der Waals surface area contributed by atoms with E-state index in [0.717, 1.165) is 24.3 Å². The summed E-state index contributed by atoms with van der Waals surface area (Å²) in [6.45, 7) is 4.20. The van der Waals surface area contributed by atoms with Crippen molar-refractivity contribution in [1.29, 1.82) is 0 Å². The molecule has 17 heavy (non-hydrogen) atoms. The average Bonchev–Trinajstić information content (AvgIpc) is 2.31. The zero-order valence-electron chi connectivity index (χ0n) is 10.5. The van der Waals surface area contributed by atoms with Crippen LogP contribution in [0.1, 0.15) is 24.8 Å². The van der Waals surface area contributed by atoms with E-state index in [-0.39, 0.29) is 5.92 Å². The lowest BCUT2D eigenvalue weighted by atomic mass is 9.88. The molecule has 3 nitrogen and oxygen atoms in total. The SMILES string of the molecule is CCOc1ccc(C2CCN(C)CC2=O)cc1. The Morgan fingerprint density at radius 2 is 2.06 bits per heavy atom. The Balaban J connectivity index is 2.09. The fourth-order valence-corrected chi connectivity index (χ4v) is 2.28. The topological polar surface area (TPSA) is 29.5 Å². The van der Waals surface area contributed by atoms with E-state index in [1.807, 2.05) is 38.2 Å². The standard InChI is InChI=1S/C14H19NO2/c1-3-17-12-6-4-11(5-7-12)13-8-9-15(2)10-14(13)16/h4-7,13H,3,8-10H2,1-2H3. The van der Waals surface area contributed by atoms with Crippen LogP contribution in [0.5, 0.6) is 5.75 Å². The Kier molecular flexibility index (Phi) is 3.79. The first-order valence-electron chi connectivity index (χ1n) is 6.14. The maximum atomic E-state index is 11.9. The summed E-state index contributed by atoms with van der Waals surface area (Å²) in [4.78, 5) is 14.0. The molecule has 1 aromatic carbocycles. The van der Waals surface area contributed by atoms with Crippen molar-refractivity contribution in [3.8, 4) is 5.75 Å². The molecule has 1 unspecified atom stereocenters. The lowest BCUT2D eigenvalue weighted by Crippen LogP contribution is -2.37. The van der Waals surface area contributed by atoms with Gasteiger partial charge in [-0.1, -0.05) is 12.1 Å². The highest BCUT2D eigenvalue weighted by molar-refractivity contribution is 5.88. The average molecular weight is 233 g/mol. The van der Waals surface area contributed by atoms with E-state index in [2.05, 4.69) is 4.90 Å². The summed E-state index contributed by atoms with van der Waals surface area (Å²) in [5.74, 6) is 1.27. The number of carbonyl (C=O) groups excluding carboxylic acids is 1. The summed E-state index contributed by atoms with van der Waals surface area (Å²) in [5, 5.41) is 0. The van der Waals surface area contributed by atoms with Crippen LogP contribution in [0.3, 0.4) is 0 Å². The molecular formula is C14H19NO2. The molecule has 1 atom stereocenters. The number of piperidine rings is 1. The number of ether oxygens (including phenoxy) is 1. The molecule has 1 aliphatic rings. The van der Waals surface area contributed by atoms with E-state index < -0.39 is 0 Å². The molecule has 3 heteroatoms. The minimum atomic E-state index is 0.0712. The van der Waals surface area contributed by atoms with Crippen molar-refractivity contribution in [3.05, 3.63) is 29.8 Å². The van der Waals surface area contributed by atoms with Gasteiger partial charge < -0.3 is 4.74 Å². The van der Waals surface area contributed by atoms with Crippen LogP contribution in [0.15, 0.2) is 24.3 Å². The van der Waals surface area contributed by atoms with E-state index in [0.29, 0.717) is 18.9 Å². The van der Waals surface area contributed by atoms with Crippen molar-refractivity contribution >= 4 is 5.78 Å². The third kappa shape index (κ3) is 2.86. The van der Waals surface area contributed by atoms with E-state index in [1.165, 1.54) is 0 Å². The molecule has 0 aromatic heterocycles. The third-order valence-corrected chi connectivity index (χ3v) is 3.21. The molecule has 1 fully saturated rings. The second-order valence-corrected chi connectivity index (χ2v) is 4.55. The second-order valence-electron chi connectivity index (χ2n) is 4.55. The fourth-order valence-electron chi connectivity index (χ4n) is 2.28. The number of rotatable bonds is 3. The summed E-state index contributed by atoms with van der Waals surface area (Å²) < 4.78 is 5.40. The molecule has 1 saturated heterocycles. The summed E-state index contributed by atoms with van der Waals surface area (Å²) >= 11 is 0. The number of ketones is 1. The summed E-state index contributed by atoms with van der Waals surface area (Å²) in [5.41, 5.74) is 1.12. The Bertz CT molecular complexity index is 386. The molecule has 1 aliphatic heterocycles. The molecule has 1 heterocycles. The minimum absolute atomic E-state index is 0.0712. The first-order valence-corrected chi connectivity index (χ1v) is 6.14. The van der Waals surface area contributed by atoms with Crippen LogP contribution in [0.25, 0.3) is 0 Å². The fraction of sp³-hybridized carbons (Fsp3) is 0.500. The summed E-state index contributed by atoms with van der Waals surface area (Å²) in [7, 11) is 1.99. The van der Waals surface area contributed by atoms with Crippen LogP contribution in [-0.4, -0.2) is 37.4 Å². The van der Waals surface area contributed by atoms with Crippen LogP contribution in [0.4, 0.5) is 0 Å². The number of nitrogens with zero attached hydrogens (tertiary/aromatic N) is 1. The highest BCUT2D eigenvalue weighted by Crippen LogP contribution is 2.26. The highest BCUT2D eigenvalue weighted by atomic mass is 16.5. The largest absolute Gasteiger partial charge is 0.494 e. The van der Waals surface area contributed by atoms with Gasteiger partial charge in [0.25, 0.3) is 0 Å². The molecule has 0 amide bonds. The molecule has 0 radical (unpaired) electrons. The molecule has 92 valence electrons. The van der Waals surface area contributed by atoms with Gasteiger partial charge in [0.2, 0.25) is 0 Å². The van der Waals surface area contributed by atoms with Crippen LogP contribution in [0, 0.1) is 0 Å². The van der Waals surface area contributed by atoms with Crippen LogP contribution in [0.2, 0.25) is 0 Å². The van der Waals surface area contributed by atoms with Gasteiger partial charge >= 0.3 is 0 Å². The van der Waals surface area contributed by atoms with Crippen molar-refractivity contribution in [2.45, 2.75) is 19.3 Å². The molecular weight excluding hydrogens is 214 g/mol. The van der Waals surface area contributed by atoms with Gasteiger partial charge in [0.15, 0.2) is 5.78 Å². The van der Waals surface area contributed by atoms with Gasteiger partial charge in [-0.05, 0) is 44.6 Å². The van der Waals surface area contributed by atoms with Gasteiger partial charge in [0, 0.05) is 5.92 Å². The number of carbonyl (C=O) groups is 1. The second kappa shape index (κ2) is 5.32. The lowest BCUT2D eigenvalue weighted by molar-refractivity contribution is -0.123. The van der Waals surface area contributed by atoms with Gasteiger partial charge in [-0.25, -0.2) is 0 Å². The van der Waals surface area contributed by atoms with Crippen molar-refractivity contribution in [2.24, 2.45) is 0 Å². The van der Waals surface area contributed by atoms with Crippen LogP contribution in [-0.2, 0) is 4.79 Å². The van der Waals surface area contributed by atoms with Gasteiger partial charge in [0.05, 0.1) is 13.2 Å². The number of likely N-dealkylation sites (tertiary alicyclic amines) is 1. The Hall–Kier alpha value is -1.35. The van der Waals surface area contributed by atoms with Gasteiger partial charge in [-0.2, -0.15) is 0 Å². The third-order valence-electron chi connectivity index (χ3n) is 3.21. The highest BCUT2D eigenvalue weighted by Gasteiger charge is 2.26. The predicted molar refractivity (Wildman–Crippen MR) is 67.5 cm³/mol. The predicted octanol–water partition coefficient (Wildman–Crippen LogP) is 2.07. The monoisotopic (exact) mass is 233 g/mol. The molecule has 2 rings (SSSR count). The molecule has 0 aliphatic carbocycles. The minimum Gasteiger partial charge on any atom is -0.494 e. The molecule has 0 spiro atoms. The van der Waals surface area contributed by atoms with Crippen LogP contribution < -0.4 is 4.74 Å². The van der Waals surface area contributed by atoms with E-state index >= 15 is 0 Å². The van der Waals surface area contributed by atoms with E-state index in [9.17, 15) is 4.79 Å². The Morgan fingerprint density at radius 3 is 2.65 bits per heavy atom. The molecule has 0 saturated carbocycles. The summed E-state index contributed by atoms with van der Waals surface area (Å²) in [6, 6.07) is 7.92. The van der Waals surface area contributed by atoms with E-state index in [4.69, 9.17) is 4.74 Å². The first kappa shape index (κ1) is 12.1. The zero-order chi connectivity index (χ0) is 12.3. The van der Waals surface area contributed by atoms with E-state index in [1.54, 1.807) is 0 Å².